The summed E-state index contributed by atoms with van der Waals surface area (Å²) in [7, 11) is 0. The van der Waals surface area contributed by atoms with Gasteiger partial charge >= 0.3 is 0 Å². The van der Waals surface area contributed by atoms with Gasteiger partial charge < -0.3 is 0 Å². The molecule has 0 heteroatoms. The molecule has 2 atom stereocenters. The summed E-state index contributed by atoms with van der Waals surface area (Å²) in [5.41, 5.74) is 1.61. The van der Waals surface area contributed by atoms with Gasteiger partial charge in [-0.2, -0.15) is 0 Å². The fourth-order valence-corrected chi connectivity index (χ4v) is 2.23. The zero-order valence-electron chi connectivity index (χ0n) is 9.47. The summed E-state index contributed by atoms with van der Waals surface area (Å²) in [5, 5.41) is 0. The molecule has 0 saturated carbocycles. The third-order valence-electron chi connectivity index (χ3n) is 3.21. The van der Waals surface area contributed by atoms with Crippen molar-refractivity contribution < 1.29 is 0 Å². The zero-order valence-corrected chi connectivity index (χ0v) is 9.47. The van der Waals surface area contributed by atoms with Crippen molar-refractivity contribution in [3.63, 3.8) is 0 Å². The zero-order chi connectivity index (χ0) is 9.68. The monoisotopic (exact) mass is 180 g/mol. The minimum Gasteiger partial charge on any atom is -0.0828 e. The second-order valence-corrected chi connectivity index (χ2v) is 4.92. The van der Waals surface area contributed by atoms with Crippen molar-refractivity contribution in [1.82, 2.24) is 0 Å². The van der Waals surface area contributed by atoms with Gasteiger partial charge in [-0.25, -0.2) is 0 Å². The third-order valence-corrected chi connectivity index (χ3v) is 3.21. The van der Waals surface area contributed by atoms with Gasteiger partial charge in [0.15, 0.2) is 0 Å². The molecule has 13 heavy (non-hydrogen) atoms. The van der Waals surface area contributed by atoms with Crippen molar-refractivity contribution in [3.8, 4) is 0 Å². The highest BCUT2D eigenvalue weighted by Crippen LogP contribution is 2.23. The van der Waals surface area contributed by atoms with Crippen LogP contribution in [0.25, 0.3) is 0 Å². The van der Waals surface area contributed by atoms with Crippen LogP contribution in [0.3, 0.4) is 0 Å². The first-order chi connectivity index (χ1) is 6.18. The maximum Gasteiger partial charge on any atom is -0.0259 e. The summed E-state index contributed by atoms with van der Waals surface area (Å²) in [6.07, 6.45) is 10.9. The minimum atomic E-state index is 0.813. The Labute approximate surface area is 83.4 Å². The molecule has 0 aromatic carbocycles. The maximum atomic E-state index is 2.48. The highest BCUT2D eigenvalue weighted by atomic mass is 14.1. The molecule has 0 radical (unpaired) electrons. The van der Waals surface area contributed by atoms with Gasteiger partial charge in [0.2, 0.25) is 0 Å². The Hall–Kier alpha value is -0.260. The number of allylic oxidation sites excluding steroid dienone is 2. The lowest BCUT2D eigenvalue weighted by Gasteiger charge is -2.16. The van der Waals surface area contributed by atoms with Gasteiger partial charge in [-0.3, -0.25) is 0 Å². The van der Waals surface area contributed by atoms with Crippen LogP contribution in [0.5, 0.6) is 0 Å². The molecule has 0 aromatic heterocycles. The summed E-state index contributed by atoms with van der Waals surface area (Å²) in [4.78, 5) is 0. The van der Waals surface area contributed by atoms with Gasteiger partial charge in [-0.15, -0.1) is 0 Å². The second kappa shape index (κ2) is 5.47. The van der Waals surface area contributed by atoms with E-state index in [4.69, 9.17) is 0 Å². The van der Waals surface area contributed by atoms with Crippen LogP contribution in [-0.4, -0.2) is 0 Å². The molecule has 76 valence electrons. The quantitative estimate of drug-likeness (QED) is 0.479. The average molecular weight is 180 g/mol. The van der Waals surface area contributed by atoms with E-state index in [9.17, 15) is 0 Å². The van der Waals surface area contributed by atoms with Crippen LogP contribution in [0.2, 0.25) is 0 Å². The molecule has 0 saturated heterocycles. The van der Waals surface area contributed by atoms with E-state index in [2.05, 4.69) is 26.8 Å². The average Bonchev–Trinajstić information content (AvgIpc) is 2.08. The van der Waals surface area contributed by atoms with Gasteiger partial charge in [0, 0.05) is 0 Å². The van der Waals surface area contributed by atoms with Crippen LogP contribution in [0.4, 0.5) is 0 Å². The summed E-state index contributed by atoms with van der Waals surface area (Å²) in [5.74, 6) is 1.75. The summed E-state index contributed by atoms with van der Waals surface area (Å²) in [6, 6.07) is 0. The second-order valence-electron chi connectivity index (χ2n) is 4.92. The normalized spacial score (nSPS) is 32.4. The largest absolute Gasteiger partial charge is 0.0828 e. The Morgan fingerprint density at radius 1 is 1.08 bits per heavy atom. The van der Waals surface area contributed by atoms with E-state index in [1.165, 1.54) is 38.5 Å². The van der Waals surface area contributed by atoms with Crippen molar-refractivity contribution in [3.05, 3.63) is 11.6 Å². The smallest absolute Gasteiger partial charge is 0.0259 e. The van der Waals surface area contributed by atoms with Gasteiger partial charge in [-0.05, 0) is 38.0 Å². The Bertz CT molecular complexity index is 167. The number of hydrogen-bond donors (Lipinski definition) is 0. The molecule has 0 amide bonds. The molecule has 0 fully saturated rings. The van der Waals surface area contributed by atoms with Crippen LogP contribution in [-0.2, 0) is 0 Å². The lowest BCUT2D eigenvalue weighted by molar-refractivity contribution is 0.440. The number of hydrogen-bond acceptors (Lipinski definition) is 0. The SMILES string of the molecule is CC1=CC(C)CCCCC(C)CC1. The van der Waals surface area contributed by atoms with Crippen molar-refractivity contribution in [2.24, 2.45) is 11.8 Å². The van der Waals surface area contributed by atoms with Crippen LogP contribution in [0.1, 0.15) is 59.3 Å². The van der Waals surface area contributed by atoms with Crippen LogP contribution in [0, 0.1) is 11.8 Å². The first-order valence-corrected chi connectivity index (χ1v) is 5.86. The minimum absolute atomic E-state index is 0.813. The molecule has 0 bridgehead atoms. The van der Waals surface area contributed by atoms with Crippen molar-refractivity contribution in [2.75, 3.05) is 0 Å². The molecule has 0 aromatic rings. The molecule has 1 aliphatic rings. The fraction of sp³-hybridized carbons (Fsp3) is 0.846. The molecule has 0 aliphatic heterocycles. The molecule has 0 heterocycles. The molecule has 0 spiro atoms. The predicted octanol–water partition coefficient (Wildman–Crippen LogP) is 4.56. The molecule has 0 nitrogen and oxygen atoms in total. The molecule has 0 N–H and O–H groups in total. The highest BCUT2D eigenvalue weighted by Gasteiger charge is 2.07. The molecule has 2 unspecified atom stereocenters. The highest BCUT2D eigenvalue weighted by molar-refractivity contribution is 5.00. The van der Waals surface area contributed by atoms with E-state index >= 15 is 0 Å². The van der Waals surface area contributed by atoms with Crippen LogP contribution >= 0.6 is 0 Å². The van der Waals surface area contributed by atoms with E-state index in [1.54, 1.807) is 5.57 Å². The summed E-state index contributed by atoms with van der Waals surface area (Å²) >= 11 is 0. The Kier molecular flexibility index (Phi) is 4.55. The number of rotatable bonds is 0. The van der Waals surface area contributed by atoms with Crippen molar-refractivity contribution >= 4 is 0 Å². The molecule has 1 aliphatic carbocycles. The Morgan fingerprint density at radius 2 is 1.77 bits per heavy atom. The van der Waals surface area contributed by atoms with Gasteiger partial charge in [0.1, 0.15) is 0 Å². The lowest BCUT2D eigenvalue weighted by Crippen LogP contribution is -2.00. The van der Waals surface area contributed by atoms with Crippen molar-refractivity contribution in [1.29, 1.82) is 0 Å². The van der Waals surface area contributed by atoms with E-state index < -0.39 is 0 Å². The topological polar surface area (TPSA) is 0 Å². The van der Waals surface area contributed by atoms with Gasteiger partial charge in [0.25, 0.3) is 0 Å². The fourth-order valence-electron chi connectivity index (χ4n) is 2.23. The van der Waals surface area contributed by atoms with Crippen LogP contribution < -0.4 is 0 Å². The first kappa shape index (κ1) is 10.8. The molecule has 1 rings (SSSR count). The lowest BCUT2D eigenvalue weighted by atomic mass is 9.91. The summed E-state index contributed by atoms with van der Waals surface area (Å²) < 4.78 is 0. The maximum absolute atomic E-state index is 2.48. The molecular weight excluding hydrogens is 156 g/mol. The van der Waals surface area contributed by atoms with Gasteiger partial charge in [-0.1, -0.05) is 44.8 Å². The standard InChI is InChI=1S/C13H24/c1-11-6-4-5-7-12(2)10-13(3)9-8-11/h10-12H,4-9H2,1-3H3. The predicted molar refractivity (Wildman–Crippen MR) is 59.8 cm³/mol. The van der Waals surface area contributed by atoms with Crippen molar-refractivity contribution in [2.45, 2.75) is 59.3 Å². The molecular formula is C13H24. The first-order valence-electron chi connectivity index (χ1n) is 5.86. The van der Waals surface area contributed by atoms with Crippen LogP contribution in [0.15, 0.2) is 11.6 Å². The summed E-state index contributed by atoms with van der Waals surface area (Å²) in [6.45, 7) is 7.05. The Morgan fingerprint density at radius 3 is 2.54 bits per heavy atom. The van der Waals surface area contributed by atoms with E-state index in [-0.39, 0.29) is 0 Å². The van der Waals surface area contributed by atoms with E-state index in [0.29, 0.717) is 0 Å². The Balaban J connectivity index is 2.48. The van der Waals surface area contributed by atoms with E-state index in [0.717, 1.165) is 11.8 Å². The van der Waals surface area contributed by atoms with E-state index in [1.807, 2.05) is 0 Å². The van der Waals surface area contributed by atoms with Gasteiger partial charge in [0.05, 0.1) is 0 Å². The third kappa shape index (κ3) is 4.50.